The van der Waals surface area contributed by atoms with Gasteiger partial charge in [-0.05, 0) is 29.8 Å². The highest BCUT2D eigenvalue weighted by Gasteiger charge is 2.11. The Bertz CT molecular complexity index is 873. The second-order valence-electron chi connectivity index (χ2n) is 6.42. The topological polar surface area (TPSA) is 68.2 Å². The number of aliphatic hydroxyl groups excluding tert-OH is 1. The number of benzene rings is 2. The minimum atomic E-state index is -0.487. The number of nitrogens with zero attached hydrogens (tertiary/aromatic N) is 1. The van der Waals surface area contributed by atoms with E-state index in [4.69, 9.17) is 21.1 Å². The van der Waals surface area contributed by atoms with Crippen molar-refractivity contribution in [2.75, 3.05) is 13.7 Å². The standard InChI is InChI=1S/C22H23ClN2O3/c1-27-21-11-16(12-24-14-19(26)18-5-3-2-4-6-18)7-9-20(21)28-15-17-8-10-22(23)25-13-17/h2-11,13,19,24,26H,12,14-15H2,1H3/p+1/t19-/m1/s1. The average Bonchev–Trinajstić information content (AvgIpc) is 2.74. The first-order chi connectivity index (χ1) is 13.7. The van der Waals surface area contributed by atoms with Crippen LogP contribution in [0.15, 0.2) is 66.9 Å². The molecule has 0 aliphatic rings. The van der Waals surface area contributed by atoms with Gasteiger partial charge in [-0.25, -0.2) is 4.98 Å². The molecule has 28 heavy (non-hydrogen) atoms. The van der Waals surface area contributed by atoms with E-state index in [1.165, 1.54) is 0 Å². The normalized spacial score (nSPS) is 11.8. The zero-order valence-electron chi connectivity index (χ0n) is 15.7. The SMILES string of the molecule is COc1cc(C[NH2+]C[C@@H](O)c2ccccc2)ccc1OCc1ccc(Cl)nc1. The Balaban J connectivity index is 1.54. The molecule has 0 fully saturated rings. The number of pyridine rings is 1. The number of nitrogens with two attached hydrogens (primary N) is 1. The van der Waals surface area contributed by atoms with Crippen LogP contribution in [0.4, 0.5) is 0 Å². The van der Waals surface area contributed by atoms with Crippen molar-refractivity contribution in [1.29, 1.82) is 0 Å². The lowest BCUT2D eigenvalue weighted by molar-refractivity contribution is -0.677. The van der Waals surface area contributed by atoms with Crippen LogP contribution >= 0.6 is 11.6 Å². The number of hydrogen-bond acceptors (Lipinski definition) is 4. The Labute approximate surface area is 169 Å². The fourth-order valence-electron chi connectivity index (χ4n) is 2.83. The number of aromatic nitrogens is 1. The molecule has 0 bridgehead atoms. The number of hydrogen-bond donors (Lipinski definition) is 2. The lowest BCUT2D eigenvalue weighted by Gasteiger charge is -2.13. The molecule has 3 N–H and O–H groups in total. The molecular weight excluding hydrogens is 376 g/mol. The van der Waals surface area contributed by atoms with E-state index in [2.05, 4.69) is 10.3 Å². The molecule has 146 valence electrons. The van der Waals surface area contributed by atoms with Crippen LogP contribution in [0.3, 0.4) is 0 Å². The van der Waals surface area contributed by atoms with E-state index in [1.807, 2.05) is 54.6 Å². The molecule has 1 atom stereocenters. The summed E-state index contributed by atoms with van der Waals surface area (Å²) in [4.78, 5) is 4.05. The van der Waals surface area contributed by atoms with Crippen LogP contribution in [0.5, 0.6) is 11.5 Å². The molecule has 0 spiro atoms. The molecule has 0 amide bonds. The third-order valence-electron chi connectivity index (χ3n) is 4.37. The van der Waals surface area contributed by atoms with Crippen LogP contribution in [0.25, 0.3) is 0 Å². The highest BCUT2D eigenvalue weighted by molar-refractivity contribution is 6.29. The summed E-state index contributed by atoms with van der Waals surface area (Å²) in [7, 11) is 1.62. The number of aliphatic hydroxyl groups is 1. The van der Waals surface area contributed by atoms with Gasteiger partial charge in [-0.2, -0.15) is 0 Å². The molecule has 0 unspecified atom stereocenters. The fourth-order valence-corrected chi connectivity index (χ4v) is 2.94. The second-order valence-corrected chi connectivity index (χ2v) is 6.81. The summed E-state index contributed by atoms with van der Waals surface area (Å²) in [5, 5.41) is 12.8. The third-order valence-corrected chi connectivity index (χ3v) is 4.59. The summed E-state index contributed by atoms with van der Waals surface area (Å²) >= 11 is 5.80. The van der Waals surface area contributed by atoms with Crippen LogP contribution < -0.4 is 14.8 Å². The summed E-state index contributed by atoms with van der Waals surface area (Å²) in [6.07, 6.45) is 1.20. The fraction of sp³-hybridized carbons (Fsp3) is 0.227. The highest BCUT2D eigenvalue weighted by atomic mass is 35.5. The van der Waals surface area contributed by atoms with Gasteiger partial charge >= 0.3 is 0 Å². The van der Waals surface area contributed by atoms with Gasteiger partial charge < -0.3 is 19.9 Å². The van der Waals surface area contributed by atoms with Crippen LogP contribution in [-0.4, -0.2) is 23.7 Å². The number of halogens is 1. The predicted molar refractivity (Wildman–Crippen MR) is 108 cm³/mol. The zero-order valence-corrected chi connectivity index (χ0v) is 16.5. The van der Waals surface area contributed by atoms with Gasteiger partial charge in [-0.15, -0.1) is 0 Å². The Hall–Kier alpha value is -2.60. The molecule has 1 aromatic heterocycles. The van der Waals surface area contributed by atoms with Crippen LogP contribution in [0.2, 0.25) is 5.15 Å². The Morgan fingerprint density at radius 3 is 2.54 bits per heavy atom. The van der Waals surface area contributed by atoms with Gasteiger partial charge in [0.05, 0.1) is 7.11 Å². The molecular formula is C22H24ClN2O3+. The molecule has 3 aromatic rings. The molecule has 0 saturated heterocycles. The summed E-state index contributed by atoms with van der Waals surface area (Å²) in [5.74, 6) is 1.35. The van der Waals surface area contributed by atoms with E-state index in [-0.39, 0.29) is 0 Å². The molecule has 1 heterocycles. The van der Waals surface area contributed by atoms with Crippen molar-refractivity contribution >= 4 is 11.6 Å². The van der Waals surface area contributed by atoms with Crippen LogP contribution in [-0.2, 0) is 13.2 Å². The van der Waals surface area contributed by atoms with Crippen molar-refractivity contribution in [3.63, 3.8) is 0 Å². The van der Waals surface area contributed by atoms with Crippen LogP contribution in [0.1, 0.15) is 22.8 Å². The molecule has 0 aliphatic heterocycles. The number of quaternary nitrogens is 1. The lowest BCUT2D eigenvalue weighted by atomic mass is 10.1. The van der Waals surface area contributed by atoms with Gasteiger partial charge in [0.2, 0.25) is 0 Å². The first-order valence-corrected chi connectivity index (χ1v) is 9.48. The van der Waals surface area contributed by atoms with Crippen LogP contribution in [0, 0.1) is 0 Å². The highest BCUT2D eigenvalue weighted by Crippen LogP contribution is 2.28. The van der Waals surface area contributed by atoms with E-state index < -0.39 is 6.10 Å². The average molecular weight is 400 g/mol. The molecule has 0 aliphatic carbocycles. The minimum absolute atomic E-state index is 0.384. The van der Waals surface area contributed by atoms with Gasteiger partial charge in [0.15, 0.2) is 11.5 Å². The maximum atomic E-state index is 10.2. The van der Waals surface area contributed by atoms with Gasteiger partial charge in [0.25, 0.3) is 0 Å². The Morgan fingerprint density at radius 2 is 1.82 bits per heavy atom. The number of methoxy groups -OCH3 is 1. The first kappa shape index (κ1) is 20.1. The quantitative estimate of drug-likeness (QED) is 0.542. The van der Waals surface area contributed by atoms with Crippen molar-refractivity contribution < 1.29 is 19.9 Å². The molecule has 2 aromatic carbocycles. The monoisotopic (exact) mass is 399 g/mol. The molecule has 0 saturated carbocycles. The van der Waals surface area contributed by atoms with E-state index in [9.17, 15) is 5.11 Å². The zero-order chi connectivity index (χ0) is 19.8. The molecule has 3 rings (SSSR count). The van der Waals surface area contributed by atoms with Crippen molar-refractivity contribution in [3.05, 3.63) is 88.7 Å². The largest absolute Gasteiger partial charge is 0.493 e. The van der Waals surface area contributed by atoms with E-state index in [0.717, 1.165) is 23.2 Å². The summed E-state index contributed by atoms with van der Waals surface area (Å²) in [5.41, 5.74) is 2.95. The van der Waals surface area contributed by atoms with E-state index in [0.29, 0.717) is 29.8 Å². The van der Waals surface area contributed by atoms with Crippen molar-refractivity contribution in [3.8, 4) is 11.5 Å². The van der Waals surface area contributed by atoms with Crippen molar-refractivity contribution in [2.45, 2.75) is 19.3 Å². The molecule has 6 heteroatoms. The number of ether oxygens (including phenoxy) is 2. The van der Waals surface area contributed by atoms with Gasteiger partial charge in [0.1, 0.15) is 31.0 Å². The van der Waals surface area contributed by atoms with E-state index >= 15 is 0 Å². The summed E-state index contributed by atoms with van der Waals surface area (Å²) in [6, 6.07) is 19.2. The first-order valence-electron chi connectivity index (χ1n) is 9.10. The second kappa shape index (κ2) is 10.1. The summed E-state index contributed by atoms with van der Waals surface area (Å²) < 4.78 is 11.3. The van der Waals surface area contributed by atoms with Gasteiger partial charge in [-0.3, -0.25) is 0 Å². The minimum Gasteiger partial charge on any atom is -0.493 e. The number of rotatable bonds is 9. The van der Waals surface area contributed by atoms with E-state index in [1.54, 1.807) is 19.4 Å². The smallest absolute Gasteiger partial charge is 0.161 e. The molecule has 0 radical (unpaired) electrons. The maximum absolute atomic E-state index is 10.2. The van der Waals surface area contributed by atoms with Gasteiger partial charge in [-0.1, -0.05) is 48.0 Å². The van der Waals surface area contributed by atoms with Crippen molar-refractivity contribution in [1.82, 2.24) is 4.98 Å². The lowest BCUT2D eigenvalue weighted by Crippen LogP contribution is -2.83. The van der Waals surface area contributed by atoms with Gasteiger partial charge in [0, 0.05) is 17.3 Å². The molecule has 5 nitrogen and oxygen atoms in total. The Morgan fingerprint density at radius 1 is 1.04 bits per heavy atom. The maximum Gasteiger partial charge on any atom is 0.161 e. The summed E-state index contributed by atoms with van der Waals surface area (Å²) in [6.45, 7) is 1.71. The third kappa shape index (κ3) is 5.70. The Kier molecular flexibility index (Phi) is 7.25. The van der Waals surface area contributed by atoms with Crippen molar-refractivity contribution in [2.24, 2.45) is 0 Å². The predicted octanol–water partition coefficient (Wildman–Crippen LogP) is 3.12.